The lowest BCUT2D eigenvalue weighted by Crippen LogP contribution is -2.46. The molecule has 2 fully saturated rings. The topological polar surface area (TPSA) is 75.4 Å². The molecular formula is C17H25N3O3. The molecule has 6 heteroatoms. The number of fused-ring (bicyclic) bond motifs is 1. The summed E-state index contributed by atoms with van der Waals surface area (Å²) in [5, 5.41) is 13.9. The Bertz CT molecular complexity index is 623. The van der Waals surface area contributed by atoms with Crippen LogP contribution in [0.25, 0.3) is 0 Å². The Balaban J connectivity index is 1.92. The van der Waals surface area contributed by atoms with Gasteiger partial charge in [-0.1, -0.05) is 26.7 Å². The fourth-order valence-electron chi connectivity index (χ4n) is 4.23. The molecule has 1 aliphatic heterocycles. The van der Waals surface area contributed by atoms with Gasteiger partial charge in [0.15, 0.2) is 5.69 Å². The van der Waals surface area contributed by atoms with Crippen LogP contribution in [0.15, 0.2) is 6.07 Å². The normalized spacial score (nSPS) is 27.3. The lowest BCUT2D eigenvalue weighted by atomic mass is 9.84. The van der Waals surface area contributed by atoms with E-state index in [1.165, 1.54) is 0 Å². The molecule has 1 N–H and O–H groups in total. The van der Waals surface area contributed by atoms with Gasteiger partial charge in [-0.15, -0.1) is 0 Å². The van der Waals surface area contributed by atoms with Crippen molar-refractivity contribution in [2.24, 2.45) is 13.0 Å². The predicted molar refractivity (Wildman–Crippen MR) is 85.3 cm³/mol. The Morgan fingerprint density at radius 1 is 1.30 bits per heavy atom. The number of hydrogen-bond donors (Lipinski definition) is 1. The van der Waals surface area contributed by atoms with Crippen LogP contribution in [0, 0.1) is 5.92 Å². The molecule has 0 radical (unpaired) electrons. The smallest absolute Gasteiger partial charge is 0.326 e. The maximum absolute atomic E-state index is 13.0. The van der Waals surface area contributed by atoms with Crippen LogP contribution in [0.1, 0.15) is 68.1 Å². The highest BCUT2D eigenvalue weighted by Crippen LogP contribution is 2.40. The number of rotatable bonds is 3. The van der Waals surface area contributed by atoms with Crippen molar-refractivity contribution >= 4 is 11.9 Å². The standard InChI is InChI=1S/C17H25N3O3/c1-10(2)14-9-12(18-19(14)3)16(21)20-13-7-5-4-6-11(13)8-15(20)17(22)23/h9-11,13,15H,4-8H2,1-3H3,(H,22,23). The monoisotopic (exact) mass is 319 g/mol. The van der Waals surface area contributed by atoms with Gasteiger partial charge in [0.05, 0.1) is 0 Å². The van der Waals surface area contributed by atoms with Gasteiger partial charge >= 0.3 is 5.97 Å². The molecule has 6 nitrogen and oxygen atoms in total. The molecule has 23 heavy (non-hydrogen) atoms. The second-order valence-corrected chi connectivity index (χ2v) is 7.15. The molecule has 126 valence electrons. The lowest BCUT2D eigenvalue weighted by Gasteiger charge is -2.32. The Labute approximate surface area is 136 Å². The Morgan fingerprint density at radius 3 is 2.61 bits per heavy atom. The molecule has 0 spiro atoms. The first kappa shape index (κ1) is 16.0. The minimum absolute atomic E-state index is 0.0573. The van der Waals surface area contributed by atoms with Crippen LogP contribution in [0.5, 0.6) is 0 Å². The maximum atomic E-state index is 13.0. The van der Waals surface area contributed by atoms with E-state index in [0.717, 1.165) is 31.4 Å². The molecule has 0 aromatic carbocycles. The third kappa shape index (κ3) is 2.75. The lowest BCUT2D eigenvalue weighted by molar-refractivity contribution is -0.141. The fraction of sp³-hybridized carbons (Fsp3) is 0.706. The zero-order chi connectivity index (χ0) is 16.7. The van der Waals surface area contributed by atoms with Crippen molar-refractivity contribution < 1.29 is 14.7 Å². The first-order chi connectivity index (χ1) is 10.9. The second-order valence-electron chi connectivity index (χ2n) is 7.15. The van der Waals surface area contributed by atoms with E-state index < -0.39 is 12.0 Å². The van der Waals surface area contributed by atoms with E-state index in [9.17, 15) is 14.7 Å². The quantitative estimate of drug-likeness (QED) is 0.928. The van der Waals surface area contributed by atoms with Crippen LogP contribution >= 0.6 is 0 Å². The number of aromatic nitrogens is 2. The van der Waals surface area contributed by atoms with E-state index in [2.05, 4.69) is 18.9 Å². The number of likely N-dealkylation sites (tertiary alicyclic amines) is 1. The summed E-state index contributed by atoms with van der Waals surface area (Å²) < 4.78 is 1.72. The van der Waals surface area contributed by atoms with Crippen molar-refractivity contribution in [3.05, 3.63) is 17.5 Å². The average molecular weight is 319 g/mol. The number of carbonyl (C=O) groups excluding carboxylic acids is 1. The van der Waals surface area contributed by atoms with Crippen molar-refractivity contribution in [1.29, 1.82) is 0 Å². The third-order valence-corrected chi connectivity index (χ3v) is 5.33. The summed E-state index contributed by atoms with van der Waals surface area (Å²) in [6.45, 7) is 4.11. The van der Waals surface area contributed by atoms with E-state index in [-0.39, 0.29) is 17.9 Å². The molecule has 1 saturated heterocycles. The first-order valence-electron chi connectivity index (χ1n) is 8.49. The Kier molecular flexibility index (Phi) is 4.17. The molecule has 1 amide bonds. The largest absolute Gasteiger partial charge is 0.480 e. The number of nitrogens with zero attached hydrogens (tertiary/aromatic N) is 3. The van der Waals surface area contributed by atoms with Crippen molar-refractivity contribution in [1.82, 2.24) is 14.7 Å². The SMILES string of the molecule is CC(C)c1cc(C(=O)N2C(C(=O)O)CC3CCCCC32)nn1C. The van der Waals surface area contributed by atoms with Crippen molar-refractivity contribution in [3.8, 4) is 0 Å². The van der Waals surface area contributed by atoms with E-state index in [1.54, 1.807) is 9.58 Å². The molecule has 0 bridgehead atoms. The van der Waals surface area contributed by atoms with Gasteiger partial charge < -0.3 is 10.0 Å². The zero-order valence-corrected chi connectivity index (χ0v) is 14.0. The van der Waals surface area contributed by atoms with Gasteiger partial charge in [0, 0.05) is 18.8 Å². The van der Waals surface area contributed by atoms with Crippen LogP contribution in [0.2, 0.25) is 0 Å². The summed E-state index contributed by atoms with van der Waals surface area (Å²) in [7, 11) is 1.83. The third-order valence-electron chi connectivity index (χ3n) is 5.33. The molecule has 1 saturated carbocycles. The minimum Gasteiger partial charge on any atom is -0.480 e. The first-order valence-corrected chi connectivity index (χ1v) is 8.49. The van der Waals surface area contributed by atoms with E-state index in [1.807, 2.05) is 13.1 Å². The number of carboxylic acids is 1. The minimum atomic E-state index is -0.896. The van der Waals surface area contributed by atoms with E-state index >= 15 is 0 Å². The van der Waals surface area contributed by atoms with Crippen molar-refractivity contribution in [2.45, 2.75) is 64.0 Å². The molecule has 1 aromatic heterocycles. The molecule has 2 aliphatic rings. The average Bonchev–Trinajstić information content (AvgIpc) is 3.07. The highest BCUT2D eigenvalue weighted by atomic mass is 16.4. The Hall–Kier alpha value is -1.85. The summed E-state index contributed by atoms with van der Waals surface area (Å²) >= 11 is 0. The van der Waals surface area contributed by atoms with Crippen LogP contribution in [-0.4, -0.2) is 43.7 Å². The summed E-state index contributed by atoms with van der Waals surface area (Å²) in [5.74, 6) is -0.533. The molecular weight excluding hydrogens is 294 g/mol. The number of aryl methyl sites for hydroxylation is 1. The van der Waals surface area contributed by atoms with Gasteiger partial charge in [-0.3, -0.25) is 9.48 Å². The van der Waals surface area contributed by atoms with Gasteiger partial charge in [-0.05, 0) is 37.2 Å². The number of carboxylic acid groups (broad SMARTS) is 1. The summed E-state index contributed by atoms with van der Waals surface area (Å²) in [4.78, 5) is 26.3. The maximum Gasteiger partial charge on any atom is 0.326 e. The van der Waals surface area contributed by atoms with Crippen LogP contribution in [0.4, 0.5) is 0 Å². The molecule has 1 aliphatic carbocycles. The molecule has 3 atom stereocenters. The zero-order valence-electron chi connectivity index (χ0n) is 14.0. The van der Waals surface area contributed by atoms with Gasteiger partial charge in [0.1, 0.15) is 6.04 Å². The van der Waals surface area contributed by atoms with Gasteiger partial charge in [-0.2, -0.15) is 5.10 Å². The molecule has 3 unspecified atom stereocenters. The number of carbonyl (C=O) groups is 2. The van der Waals surface area contributed by atoms with E-state index in [4.69, 9.17) is 0 Å². The second kappa shape index (κ2) is 5.98. The number of hydrogen-bond acceptors (Lipinski definition) is 3. The van der Waals surface area contributed by atoms with Crippen LogP contribution < -0.4 is 0 Å². The fourth-order valence-corrected chi connectivity index (χ4v) is 4.23. The van der Waals surface area contributed by atoms with Gasteiger partial charge in [-0.25, -0.2) is 4.79 Å². The van der Waals surface area contributed by atoms with Gasteiger partial charge in [0.2, 0.25) is 0 Å². The summed E-state index contributed by atoms with van der Waals surface area (Å²) in [6, 6.07) is 1.16. The van der Waals surface area contributed by atoms with Crippen LogP contribution in [0.3, 0.4) is 0 Å². The van der Waals surface area contributed by atoms with Crippen LogP contribution in [-0.2, 0) is 11.8 Å². The van der Waals surface area contributed by atoms with Crippen molar-refractivity contribution in [3.63, 3.8) is 0 Å². The summed E-state index contributed by atoms with van der Waals surface area (Å²) in [6.07, 6.45) is 4.71. The summed E-state index contributed by atoms with van der Waals surface area (Å²) in [5.41, 5.74) is 1.35. The highest BCUT2D eigenvalue weighted by molar-refractivity contribution is 5.95. The molecule has 3 rings (SSSR count). The predicted octanol–water partition coefficient (Wildman–Crippen LogP) is 2.40. The van der Waals surface area contributed by atoms with Crippen molar-refractivity contribution in [2.75, 3.05) is 0 Å². The van der Waals surface area contributed by atoms with Gasteiger partial charge in [0.25, 0.3) is 5.91 Å². The number of aliphatic carboxylic acids is 1. The molecule has 1 aromatic rings. The Morgan fingerprint density at radius 2 is 2.00 bits per heavy atom. The highest BCUT2D eigenvalue weighted by Gasteiger charge is 2.48. The van der Waals surface area contributed by atoms with E-state index in [0.29, 0.717) is 18.0 Å². The number of amides is 1. The molecule has 2 heterocycles.